The van der Waals surface area contributed by atoms with Crippen LogP contribution in [-0.4, -0.2) is 165 Å². The second-order valence-electron chi connectivity index (χ2n) is 16.8. The number of aliphatic hydroxyl groups excluding tert-OH is 3. The molecular formula is C34H44N15O23P4S-3. The minimum atomic E-state index is -6.35. The SMILES string of the molecule is CNc1ncnc2c1ncn2[C@@H]1O[C@H](COP(=O)([O-])OP(=O)([O-])OP([O-])(=S)OC[C@H]2O[C@@H]([n+]3cn(C)c4c(=O)[nH]c(N)nc43)C(O)[C@H]2OC)C(OP(=O)([O-])OC[C@H]2O[C@@H](n3cnc4c(=O)[nH]c(N)nc43)[C@@H](O)C2O)[C@@H]1OC. The van der Waals surface area contributed by atoms with Gasteiger partial charge in [-0.3, -0.25) is 51.3 Å². The molecule has 3 aliphatic heterocycles. The van der Waals surface area contributed by atoms with Crippen molar-refractivity contribution < 1.29 is 104 Å². The Balaban J connectivity index is 0.872. The average Bonchev–Trinajstić information content (AvgIpc) is 4.21. The molecule has 7 unspecified atom stereocenters. The fourth-order valence-electron chi connectivity index (χ4n) is 8.70. The second kappa shape index (κ2) is 21.7. The zero-order chi connectivity index (χ0) is 55.7. The maximum atomic E-state index is 13.6. The number of phosphoric acid groups is 3. The number of nitrogens with zero attached hydrogens (tertiary/aromatic N) is 10. The maximum absolute atomic E-state index is 13.6. The smallest absolute Gasteiger partial charge is 0.313 e. The van der Waals surface area contributed by atoms with Crippen molar-refractivity contribution in [3.63, 3.8) is 0 Å². The lowest BCUT2D eigenvalue weighted by Crippen LogP contribution is -2.46. The normalized spacial score (nSPS) is 30.0. The van der Waals surface area contributed by atoms with Crippen molar-refractivity contribution in [2.24, 2.45) is 7.05 Å². The number of aryl methyl sites for hydroxylation is 1. The van der Waals surface area contributed by atoms with Crippen molar-refractivity contribution >= 4 is 93.2 Å². The van der Waals surface area contributed by atoms with Crippen LogP contribution in [0.5, 0.6) is 0 Å². The van der Waals surface area contributed by atoms with Crippen molar-refractivity contribution in [3.8, 4) is 0 Å². The van der Waals surface area contributed by atoms with E-state index in [1.165, 1.54) is 40.5 Å². The number of methoxy groups -OCH3 is 2. The molecule has 0 radical (unpaired) electrons. The van der Waals surface area contributed by atoms with Crippen LogP contribution >= 0.6 is 30.2 Å². The highest BCUT2D eigenvalue weighted by Gasteiger charge is 2.52. The predicted molar refractivity (Wildman–Crippen MR) is 247 cm³/mol. The van der Waals surface area contributed by atoms with Gasteiger partial charge in [0.25, 0.3) is 40.5 Å². The molecule has 3 saturated heterocycles. The number of ether oxygens (including phenoxy) is 5. The molecule has 0 amide bonds. The molecule has 38 nitrogen and oxygen atoms in total. The number of aliphatic hydroxyl groups is 3. The van der Waals surface area contributed by atoms with Gasteiger partial charge in [-0.2, -0.15) is 4.98 Å². The number of aromatic amines is 2. The van der Waals surface area contributed by atoms with Crippen LogP contribution in [0.4, 0.5) is 17.7 Å². The van der Waals surface area contributed by atoms with Gasteiger partial charge in [0.05, 0.1) is 39.5 Å². The first-order valence-electron chi connectivity index (χ1n) is 21.9. The Morgan fingerprint density at radius 2 is 1.35 bits per heavy atom. The van der Waals surface area contributed by atoms with E-state index in [0.717, 1.165) is 31.4 Å². The first-order valence-corrected chi connectivity index (χ1v) is 28.9. The van der Waals surface area contributed by atoms with Gasteiger partial charge in [0.1, 0.15) is 73.5 Å². The Hall–Kier alpha value is -4.73. The summed E-state index contributed by atoms with van der Waals surface area (Å²) in [5.74, 6) is -0.344. The van der Waals surface area contributed by atoms with Gasteiger partial charge >= 0.3 is 5.65 Å². The Bertz CT molecular complexity index is 3510. The summed E-state index contributed by atoms with van der Waals surface area (Å²) in [6, 6.07) is 0. The molecule has 77 heavy (non-hydrogen) atoms. The summed E-state index contributed by atoms with van der Waals surface area (Å²) in [5.41, 5.74) is 9.91. The van der Waals surface area contributed by atoms with Crippen LogP contribution in [0.25, 0.3) is 33.5 Å². The van der Waals surface area contributed by atoms with Gasteiger partial charge in [-0.25, -0.2) is 28.8 Å². The predicted octanol–water partition coefficient (Wildman–Crippen LogP) is -6.01. The number of hydrogen-bond acceptors (Lipinski definition) is 33. The van der Waals surface area contributed by atoms with E-state index in [1.807, 2.05) is 0 Å². The number of nitrogens with two attached hydrogens (primary N) is 2. The molecule has 6 aromatic heterocycles. The van der Waals surface area contributed by atoms with Gasteiger partial charge in [0, 0.05) is 21.3 Å². The molecule has 0 bridgehead atoms. The molecule has 6 aromatic rings. The summed E-state index contributed by atoms with van der Waals surface area (Å²) in [5, 5.41) is 35.7. The van der Waals surface area contributed by atoms with E-state index in [-0.39, 0.29) is 51.2 Å². The highest BCUT2D eigenvalue weighted by Crippen LogP contribution is 2.63. The molecule has 16 atom stereocenters. The van der Waals surface area contributed by atoms with Crippen molar-refractivity contribution in [3.05, 3.63) is 46.0 Å². The van der Waals surface area contributed by atoms with E-state index in [2.05, 4.69) is 53.8 Å². The lowest BCUT2D eigenvalue weighted by atomic mass is 10.1. The number of rotatable bonds is 21. The maximum Gasteiger partial charge on any atom is 0.313 e. The highest BCUT2D eigenvalue weighted by atomic mass is 32.5. The fourth-order valence-corrected chi connectivity index (χ4v) is 13.9. The molecule has 422 valence electrons. The molecule has 9 rings (SSSR count). The average molecular weight is 1190 g/mol. The van der Waals surface area contributed by atoms with Crippen molar-refractivity contribution in [2.45, 2.75) is 73.6 Å². The third kappa shape index (κ3) is 11.5. The molecule has 0 saturated carbocycles. The van der Waals surface area contributed by atoms with Crippen LogP contribution in [0.2, 0.25) is 0 Å². The first kappa shape index (κ1) is 57.0. The monoisotopic (exact) mass is 1190 g/mol. The van der Waals surface area contributed by atoms with Crippen LogP contribution in [0.15, 0.2) is 34.9 Å². The number of H-pyrrole nitrogens is 2. The number of nitrogen functional groups attached to an aromatic ring is 2. The minimum Gasteiger partial charge on any atom is -0.779 e. The molecule has 0 aliphatic carbocycles. The molecule has 3 aliphatic rings. The number of anilines is 3. The zero-order valence-corrected chi connectivity index (χ0v) is 44.1. The number of imidazole rings is 3. The summed E-state index contributed by atoms with van der Waals surface area (Å²) in [6.07, 6.45) is -14.5. The van der Waals surface area contributed by atoms with E-state index in [1.54, 1.807) is 0 Å². The summed E-state index contributed by atoms with van der Waals surface area (Å²) in [7, 11) is -13.0. The molecule has 0 aromatic carbocycles. The quantitative estimate of drug-likeness (QED) is 0.0246. The number of nitrogens with one attached hydrogen (secondary N) is 3. The second-order valence-corrected chi connectivity index (χ2v) is 24.0. The topological polar surface area (TPSA) is 531 Å². The molecule has 3 fully saturated rings. The van der Waals surface area contributed by atoms with E-state index in [9.17, 15) is 58.2 Å². The summed E-state index contributed by atoms with van der Waals surface area (Å²) in [4.78, 5) is 107. The lowest BCUT2D eigenvalue weighted by Gasteiger charge is -2.37. The highest BCUT2D eigenvalue weighted by molar-refractivity contribution is 8.07. The third-order valence-electron chi connectivity index (χ3n) is 12.0. The summed E-state index contributed by atoms with van der Waals surface area (Å²) in [6.45, 7) is -8.58. The minimum absolute atomic E-state index is 0.0253. The van der Waals surface area contributed by atoms with E-state index in [0.29, 0.717) is 0 Å². The van der Waals surface area contributed by atoms with Gasteiger partial charge in [-0.1, -0.05) is 16.8 Å². The van der Waals surface area contributed by atoms with Crippen LogP contribution in [-0.2, 0) is 83.0 Å². The van der Waals surface area contributed by atoms with Crippen LogP contribution in [0.3, 0.4) is 0 Å². The number of fused-ring (bicyclic) bond motifs is 3. The Morgan fingerprint density at radius 1 is 0.740 bits per heavy atom. The fraction of sp³-hybridized carbons (Fsp3) is 0.559. The summed E-state index contributed by atoms with van der Waals surface area (Å²) < 4.78 is 102. The Labute approximate surface area is 433 Å². The lowest BCUT2D eigenvalue weighted by molar-refractivity contribution is -0.745. The first-order chi connectivity index (χ1) is 36.2. The van der Waals surface area contributed by atoms with Crippen LogP contribution in [0, 0.1) is 0 Å². The summed E-state index contributed by atoms with van der Waals surface area (Å²) >= 11 is 4.70. The third-order valence-corrected chi connectivity index (χ3v) is 18.0. The van der Waals surface area contributed by atoms with Crippen LogP contribution in [0.1, 0.15) is 18.7 Å². The van der Waals surface area contributed by atoms with E-state index >= 15 is 0 Å². The zero-order valence-electron chi connectivity index (χ0n) is 39.7. The number of phosphoric ester groups is 2. The molecule has 43 heteroatoms. The number of hydrogen-bond donors (Lipinski definition) is 8. The molecule has 10 N–H and O–H groups in total. The van der Waals surface area contributed by atoms with Gasteiger partial charge < -0.3 is 93.5 Å². The van der Waals surface area contributed by atoms with E-state index < -0.39 is 135 Å². The molecule has 0 spiro atoms. The Kier molecular flexibility index (Phi) is 16.1. The van der Waals surface area contributed by atoms with Crippen LogP contribution < -0.4 is 52.0 Å². The van der Waals surface area contributed by atoms with Gasteiger partial charge in [0.2, 0.25) is 17.7 Å². The van der Waals surface area contributed by atoms with Crippen molar-refractivity contribution in [2.75, 3.05) is 57.9 Å². The van der Waals surface area contributed by atoms with Crippen molar-refractivity contribution in [1.82, 2.24) is 53.6 Å². The van der Waals surface area contributed by atoms with Crippen molar-refractivity contribution in [1.29, 1.82) is 0 Å². The van der Waals surface area contributed by atoms with E-state index in [4.69, 9.17) is 65.1 Å². The van der Waals surface area contributed by atoms with Gasteiger partial charge in [0.15, 0.2) is 41.4 Å². The standard InChI is InChI=1S/C34H47N15O23P4S/c1-37-24-15-25(39-8-38-24)47(9-40-15)32-23(63-4)22(70-73(55,56)64-5-12-18(50)19(51)30(67-12)48-10-41-16-26(48)42-33(35)44-28(16)53)14(69-32)6-65-74(57,58)71-75(59,60)72-76(61,77)66-7-13-21(62-3)20(52)31(68-13)49-11-46(2)17-27(49)43-34(36)45-29(17)54/h8-14,18-23,30-32,50-52H,5-7H2,1-4H3,(H10-,35,36,37,38,39,42,43,44,45,53,54,55,56,57,58,59,60,61,77)/p-3/t12-,13-,14-,18?,19+,20?,21+,22?,23+,30-,31-,32-,76?/m1/s1. The Morgan fingerprint density at radius 3 is 2.05 bits per heavy atom. The molecular weight excluding hydrogens is 1140 g/mol. The largest absolute Gasteiger partial charge is 0.779 e. The van der Waals surface area contributed by atoms with Gasteiger partial charge in [-0.05, 0) is 0 Å². The molecule has 9 heterocycles. The number of aromatic nitrogens is 12. The van der Waals surface area contributed by atoms with Gasteiger partial charge in [-0.15, -0.1) is 0 Å².